The van der Waals surface area contributed by atoms with Crippen LogP contribution >= 0.6 is 15.9 Å². The molecule has 2 nitrogen and oxygen atoms in total. The van der Waals surface area contributed by atoms with Gasteiger partial charge < -0.3 is 4.90 Å². The summed E-state index contributed by atoms with van der Waals surface area (Å²) in [6.45, 7) is 0. The lowest BCUT2D eigenvalue weighted by Gasteiger charge is -2.45. The van der Waals surface area contributed by atoms with Crippen molar-refractivity contribution in [2.24, 2.45) is 0 Å². The van der Waals surface area contributed by atoms with Gasteiger partial charge in [0, 0.05) is 17.4 Å². The maximum Gasteiger partial charge on any atom is 0.106 e. The van der Waals surface area contributed by atoms with E-state index in [0.717, 1.165) is 17.4 Å². The highest BCUT2D eigenvalue weighted by Crippen LogP contribution is 2.64. The molecule has 2 aliphatic carbocycles. The number of pyridine rings is 1. The fourth-order valence-electron chi connectivity index (χ4n) is 10.0. The van der Waals surface area contributed by atoms with E-state index < -0.39 is 5.41 Å². The van der Waals surface area contributed by atoms with E-state index in [4.69, 9.17) is 0 Å². The molecule has 11 rings (SSSR count). The van der Waals surface area contributed by atoms with E-state index >= 15 is 0 Å². The molecule has 7 aromatic carbocycles. The van der Waals surface area contributed by atoms with Crippen LogP contribution in [0.3, 0.4) is 0 Å². The highest BCUT2D eigenvalue weighted by molar-refractivity contribution is 9.10. The third-order valence-electron chi connectivity index (χ3n) is 12.0. The number of aromatic nitrogens is 1. The third-order valence-corrected chi connectivity index (χ3v) is 12.5. The van der Waals surface area contributed by atoms with E-state index in [1.807, 2.05) is 6.20 Å². The minimum absolute atomic E-state index is 0.487. The Hall–Kier alpha value is -5.77. The number of rotatable bonds is 3. The Kier molecular flexibility index (Phi) is 6.91. The van der Waals surface area contributed by atoms with Gasteiger partial charge in [-0.25, -0.2) is 4.98 Å². The molecule has 0 saturated carbocycles. The van der Waals surface area contributed by atoms with E-state index in [0.29, 0.717) is 0 Å². The molecule has 0 unspecified atom stereocenters. The van der Waals surface area contributed by atoms with Crippen molar-refractivity contribution in [1.82, 2.24) is 4.98 Å². The smallest absolute Gasteiger partial charge is 0.106 e. The molecule has 0 atom stereocenters. The number of hydrogen-bond acceptors (Lipinski definition) is 2. The minimum atomic E-state index is -0.487. The normalized spacial score (nSPS) is 14.7. The summed E-state index contributed by atoms with van der Waals surface area (Å²) in [5.41, 5.74) is 19.3. The summed E-state index contributed by atoms with van der Waals surface area (Å²) in [5.74, 6) is 0. The van der Waals surface area contributed by atoms with Gasteiger partial charge >= 0.3 is 0 Å². The van der Waals surface area contributed by atoms with Crippen molar-refractivity contribution in [2.45, 2.75) is 31.1 Å². The Bertz CT molecular complexity index is 2700. The first-order chi connectivity index (χ1) is 26.2. The average Bonchev–Trinajstić information content (AvgIpc) is 3.51. The first-order valence-corrected chi connectivity index (χ1v) is 19.5. The predicted molar refractivity (Wildman–Crippen MR) is 223 cm³/mol. The molecule has 0 fully saturated rings. The van der Waals surface area contributed by atoms with Gasteiger partial charge in [0.15, 0.2) is 0 Å². The van der Waals surface area contributed by atoms with Crippen LogP contribution < -0.4 is 4.90 Å². The van der Waals surface area contributed by atoms with Gasteiger partial charge in [-0.15, -0.1) is 0 Å². The molecule has 1 aromatic heterocycles. The summed E-state index contributed by atoms with van der Waals surface area (Å²) in [7, 11) is 0. The van der Waals surface area contributed by atoms with Crippen molar-refractivity contribution in [1.29, 1.82) is 0 Å². The van der Waals surface area contributed by atoms with Gasteiger partial charge in [-0.2, -0.15) is 0 Å². The molecule has 1 spiro atoms. The summed E-state index contributed by atoms with van der Waals surface area (Å²) >= 11 is 3.57. The molecule has 1 aliphatic heterocycles. The number of nitrogens with zero attached hydrogens (tertiary/aromatic N) is 2. The molecule has 0 bridgehead atoms. The number of halogens is 1. The first kappa shape index (κ1) is 30.8. The average molecular weight is 744 g/mol. The topological polar surface area (TPSA) is 16.1 Å². The van der Waals surface area contributed by atoms with Crippen LogP contribution in [0, 0.1) is 0 Å². The molecule has 3 heteroatoms. The van der Waals surface area contributed by atoms with Crippen molar-refractivity contribution < 1.29 is 0 Å². The molecule has 8 aromatic rings. The van der Waals surface area contributed by atoms with Gasteiger partial charge in [0.05, 0.1) is 16.8 Å². The lowest BCUT2D eigenvalue weighted by molar-refractivity contribution is 0.689. The van der Waals surface area contributed by atoms with Crippen molar-refractivity contribution in [3.63, 3.8) is 0 Å². The lowest BCUT2D eigenvalue weighted by Crippen LogP contribution is -2.36. The second-order valence-corrected chi connectivity index (χ2v) is 15.4. The van der Waals surface area contributed by atoms with Crippen LogP contribution in [-0.2, 0) is 18.3 Å². The summed E-state index contributed by atoms with van der Waals surface area (Å²) in [5, 5.41) is 2.62. The zero-order valence-electron chi connectivity index (χ0n) is 29.2. The summed E-state index contributed by atoms with van der Waals surface area (Å²) in [6, 6.07) is 58.9. The van der Waals surface area contributed by atoms with Crippen LogP contribution in [0.4, 0.5) is 17.1 Å². The highest BCUT2D eigenvalue weighted by atomic mass is 79.9. The van der Waals surface area contributed by atoms with Crippen molar-refractivity contribution in [3.8, 4) is 33.4 Å². The zero-order chi connectivity index (χ0) is 35.1. The number of para-hydroxylation sites is 3. The highest BCUT2D eigenvalue weighted by Gasteiger charge is 2.51. The molecule has 3 aliphatic rings. The summed E-state index contributed by atoms with van der Waals surface area (Å²) in [6.07, 6.45) is 6.59. The monoisotopic (exact) mass is 742 g/mol. The summed E-state index contributed by atoms with van der Waals surface area (Å²) in [4.78, 5) is 7.13. The molecule has 2 heterocycles. The SMILES string of the molecule is Brc1ccc(-c2c3c(c(-c4ccc5c(c4)C4(c6ccccc6-5)c5ccccc5N(c5ccccc5)c5ccccc54)c4ccccc24)CCCC3)cn1. The van der Waals surface area contributed by atoms with Gasteiger partial charge in [-0.05, 0) is 150 Å². The van der Waals surface area contributed by atoms with Gasteiger partial charge in [0.25, 0.3) is 0 Å². The molecular weight excluding hydrogens is 708 g/mol. The van der Waals surface area contributed by atoms with Crippen LogP contribution in [0.25, 0.3) is 44.2 Å². The van der Waals surface area contributed by atoms with Gasteiger partial charge in [-0.3, -0.25) is 0 Å². The molecule has 0 radical (unpaired) electrons. The van der Waals surface area contributed by atoms with Gasteiger partial charge in [0.1, 0.15) is 4.60 Å². The number of benzene rings is 7. The Morgan fingerprint density at radius 3 is 1.70 bits per heavy atom. The van der Waals surface area contributed by atoms with Crippen molar-refractivity contribution >= 4 is 43.8 Å². The standard InChI is InChI=1S/C50H35BrN2/c51-47-29-27-33(31-52-47)49-39-19-6-4-17-37(39)48(38-18-5-7-20-40(38)49)32-26-28-36-35-16-8-9-21-41(35)50(44(36)30-32)42-22-10-12-24-45(42)53(34-14-2-1-3-15-34)46-25-13-11-23-43(46)50/h1-4,6,8-17,19,21-31H,5,7,18,20H2. The predicted octanol–water partition coefficient (Wildman–Crippen LogP) is 13.4. The zero-order valence-corrected chi connectivity index (χ0v) is 30.8. The molecular formula is C50H35BrN2. The largest absolute Gasteiger partial charge is 0.310 e. The van der Waals surface area contributed by atoms with E-state index in [2.05, 4.69) is 184 Å². The minimum Gasteiger partial charge on any atom is -0.310 e. The molecule has 252 valence electrons. The fraction of sp³-hybridized carbons (Fsp3) is 0.100. The number of hydrogen-bond donors (Lipinski definition) is 0. The lowest BCUT2D eigenvalue weighted by atomic mass is 9.64. The Balaban J connectivity index is 1.23. The van der Waals surface area contributed by atoms with Crippen LogP contribution in [0.15, 0.2) is 169 Å². The number of fused-ring (bicyclic) bond motifs is 11. The van der Waals surface area contributed by atoms with Crippen LogP contribution in [0.5, 0.6) is 0 Å². The van der Waals surface area contributed by atoms with E-state index in [-0.39, 0.29) is 0 Å². The van der Waals surface area contributed by atoms with E-state index in [1.165, 1.54) is 107 Å². The molecule has 0 saturated heterocycles. The molecule has 0 amide bonds. The number of anilines is 3. The van der Waals surface area contributed by atoms with E-state index in [1.54, 1.807) is 0 Å². The third kappa shape index (κ3) is 4.35. The van der Waals surface area contributed by atoms with Gasteiger partial charge in [0.2, 0.25) is 0 Å². The van der Waals surface area contributed by atoms with Crippen LogP contribution in [0.2, 0.25) is 0 Å². The first-order valence-electron chi connectivity index (χ1n) is 18.7. The molecule has 0 N–H and O–H groups in total. The molecule has 53 heavy (non-hydrogen) atoms. The van der Waals surface area contributed by atoms with E-state index in [9.17, 15) is 0 Å². The quantitative estimate of drug-likeness (QED) is 0.168. The maximum absolute atomic E-state index is 4.67. The fourth-order valence-corrected chi connectivity index (χ4v) is 10.2. The van der Waals surface area contributed by atoms with Gasteiger partial charge in [-0.1, -0.05) is 121 Å². The Labute approximate surface area is 318 Å². The second kappa shape index (κ2) is 11.9. The maximum atomic E-state index is 4.67. The van der Waals surface area contributed by atoms with Crippen molar-refractivity contribution in [3.05, 3.63) is 202 Å². The summed E-state index contributed by atoms with van der Waals surface area (Å²) < 4.78 is 0.863. The Morgan fingerprint density at radius 2 is 1.04 bits per heavy atom. The van der Waals surface area contributed by atoms with Crippen LogP contribution in [0.1, 0.15) is 46.2 Å². The second-order valence-electron chi connectivity index (χ2n) is 14.6. The van der Waals surface area contributed by atoms with Crippen molar-refractivity contribution in [2.75, 3.05) is 4.90 Å². The Morgan fingerprint density at radius 1 is 0.491 bits per heavy atom. The van der Waals surface area contributed by atoms with Crippen LogP contribution in [-0.4, -0.2) is 4.98 Å².